The van der Waals surface area contributed by atoms with E-state index in [2.05, 4.69) is 4.98 Å². The molecule has 18 heavy (non-hydrogen) atoms. The van der Waals surface area contributed by atoms with Gasteiger partial charge in [0.15, 0.2) is 0 Å². The van der Waals surface area contributed by atoms with Gasteiger partial charge in [-0.3, -0.25) is 14.7 Å². The molecule has 1 rings (SSSR count). The standard InChI is InChI=1S/C13H21N3O2/c1-10(15(2)3)13(17)16(4)9-11-8-12(18-5)6-7-14-11/h6-8,10H,9H2,1-5H3/t10-/m0/s1. The second-order valence-electron chi connectivity index (χ2n) is 4.52. The number of nitrogens with zero attached hydrogens (tertiary/aromatic N) is 3. The smallest absolute Gasteiger partial charge is 0.239 e. The second kappa shape index (κ2) is 6.35. The van der Waals surface area contributed by atoms with E-state index in [0.717, 1.165) is 11.4 Å². The monoisotopic (exact) mass is 251 g/mol. The van der Waals surface area contributed by atoms with E-state index in [-0.39, 0.29) is 11.9 Å². The number of ether oxygens (including phenoxy) is 1. The van der Waals surface area contributed by atoms with Gasteiger partial charge in [-0.2, -0.15) is 0 Å². The van der Waals surface area contributed by atoms with Gasteiger partial charge in [0.25, 0.3) is 0 Å². The van der Waals surface area contributed by atoms with Crippen LogP contribution in [0.4, 0.5) is 0 Å². The molecule has 1 heterocycles. The van der Waals surface area contributed by atoms with Crippen LogP contribution in [0.25, 0.3) is 0 Å². The quantitative estimate of drug-likeness (QED) is 0.783. The Morgan fingerprint density at radius 3 is 2.67 bits per heavy atom. The molecule has 1 aromatic heterocycles. The number of carbonyl (C=O) groups excluding carboxylic acids is 1. The lowest BCUT2D eigenvalue weighted by Crippen LogP contribution is -2.42. The molecular formula is C13H21N3O2. The third-order valence-corrected chi connectivity index (χ3v) is 2.93. The number of rotatable bonds is 5. The number of hydrogen-bond acceptors (Lipinski definition) is 4. The highest BCUT2D eigenvalue weighted by molar-refractivity contribution is 5.81. The van der Waals surface area contributed by atoms with Crippen molar-refractivity contribution in [2.75, 3.05) is 28.3 Å². The number of pyridine rings is 1. The maximum Gasteiger partial charge on any atom is 0.239 e. The molecule has 0 saturated heterocycles. The molecule has 0 saturated carbocycles. The Labute approximate surface area is 108 Å². The summed E-state index contributed by atoms with van der Waals surface area (Å²) in [4.78, 5) is 19.9. The highest BCUT2D eigenvalue weighted by Crippen LogP contribution is 2.12. The Bertz CT molecular complexity index is 407. The first kappa shape index (κ1) is 14.4. The number of amides is 1. The minimum atomic E-state index is -0.138. The summed E-state index contributed by atoms with van der Waals surface area (Å²) in [7, 11) is 7.17. The van der Waals surface area contributed by atoms with Crippen molar-refractivity contribution in [2.45, 2.75) is 19.5 Å². The highest BCUT2D eigenvalue weighted by atomic mass is 16.5. The summed E-state index contributed by atoms with van der Waals surface area (Å²) < 4.78 is 5.13. The molecule has 1 atom stereocenters. The number of methoxy groups -OCH3 is 1. The predicted molar refractivity (Wildman–Crippen MR) is 70.4 cm³/mol. The first-order valence-corrected chi connectivity index (χ1v) is 5.86. The maximum absolute atomic E-state index is 12.1. The van der Waals surface area contributed by atoms with Gasteiger partial charge in [-0.05, 0) is 27.1 Å². The van der Waals surface area contributed by atoms with Crippen molar-refractivity contribution in [1.82, 2.24) is 14.8 Å². The second-order valence-corrected chi connectivity index (χ2v) is 4.52. The fourth-order valence-electron chi connectivity index (χ4n) is 1.53. The van der Waals surface area contributed by atoms with E-state index in [0.29, 0.717) is 6.54 Å². The molecule has 0 radical (unpaired) electrons. The van der Waals surface area contributed by atoms with Gasteiger partial charge < -0.3 is 9.64 Å². The van der Waals surface area contributed by atoms with Crippen molar-refractivity contribution in [3.8, 4) is 5.75 Å². The molecular weight excluding hydrogens is 230 g/mol. The van der Waals surface area contributed by atoms with Gasteiger partial charge in [-0.15, -0.1) is 0 Å². The lowest BCUT2D eigenvalue weighted by Gasteiger charge is -2.25. The van der Waals surface area contributed by atoms with Crippen molar-refractivity contribution in [2.24, 2.45) is 0 Å². The van der Waals surface area contributed by atoms with E-state index in [1.807, 2.05) is 32.0 Å². The van der Waals surface area contributed by atoms with E-state index in [1.165, 1.54) is 0 Å². The zero-order valence-electron chi connectivity index (χ0n) is 11.7. The van der Waals surface area contributed by atoms with Crippen LogP contribution in [0, 0.1) is 0 Å². The van der Waals surface area contributed by atoms with Gasteiger partial charge in [0, 0.05) is 19.3 Å². The summed E-state index contributed by atoms with van der Waals surface area (Å²) in [5.74, 6) is 0.825. The average Bonchev–Trinajstić information content (AvgIpc) is 2.36. The molecule has 100 valence electrons. The molecule has 0 aliphatic carbocycles. The Morgan fingerprint density at radius 2 is 2.11 bits per heavy atom. The Hall–Kier alpha value is -1.62. The lowest BCUT2D eigenvalue weighted by molar-refractivity contribution is -0.134. The fourth-order valence-corrected chi connectivity index (χ4v) is 1.53. The zero-order chi connectivity index (χ0) is 13.7. The van der Waals surface area contributed by atoms with Crippen LogP contribution in [0.1, 0.15) is 12.6 Å². The van der Waals surface area contributed by atoms with Crippen molar-refractivity contribution in [1.29, 1.82) is 0 Å². The van der Waals surface area contributed by atoms with Crippen LogP contribution in [0.5, 0.6) is 5.75 Å². The average molecular weight is 251 g/mol. The molecule has 5 heteroatoms. The molecule has 0 bridgehead atoms. The summed E-state index contributed by atoms with van der Waals surface area (Å²) in [6, 6.07) is 3.48. The molecule has 1 aromatic rings. The molecule has 0 spiro atoms. The Morgan fingerprint density at radius 1 is 1.44 bits per heavy atom. The molecule has 1 amide bonds. The van der Waals surface area contributed by atoms with E-state index in [9.17, 15) is 4.79 Å². The van der Waals surface area contributed by atoms with Gasteiger partial charge in [0.2, 0.25) is 5.91 Å². The Kier molecular flexibility index (Phi) is 5.09. The van der Waals surface area contributed by atoms with Gasteiger partial charge in [0.05, 0.1) is 25.4 Å². The highest BCUT2D eigenvalue weighted by Gasteiger charge is 2.19. The van der Waals surface area contributed by atoms with E-state index in [4.69, 9.17) is 4.74 Å². The van der Waals surface area contributed by atoms with Crippen molar-refractivity contribution in [3.63, 3.8) is 0 Å². The van der Waals surface area contributed by atoms with E-state index < -0.39 is 0 Å². The third-order valence-electron chi connectivity index (χ3n) is 2.93. The van der Waals surface area contributed by atoms with Crippen LogP contribution in [-0.4, -0.2) is 55.0 Å². The van der Waals surface area contributed by atoms with Crippen LogP contribution in [0.15, 0.2) is 18.3 Å². The molecule has 0 aliphatic heterocycles. The van der Waals surface area contributed by atoms with Gasteiger partial charge in [-0.25, -0.2) is 0 Å². The lowest BCUT2D eigenvalue weighted by atomic mass is 10.2. The molecule has 0 unspecified atom stereocenters. The number of aromatic nitrogens is 1. The molecule has 0 aliphatic rings. The molecule has 5 nitrogen and oxygen atoms in total. The van der Waals surface area contributed by atoms with E-state index >= 15 is 0 Å². The van der Waals surface area contributed by atoms with E-state index in [1.54, 1.807) is 31.3 Å². The normalized spacial score (nSPS) is 12.3. The van der Waals surface area contributed by atoms with Gasteiger partial charge in [-0.1, -0.05) is 0 Å². The summed E-state index contributed by atoms with van der Waals surface area (Å²) >= 11 is 0. The minimum absolute atomic E-state index is 0.0737. The predicted octanol–water partition coefficient (Wildman–Crippen LogP) is 0.999. The topological polar surface area (TPSA) is 45.7 Å². The first-order valence-electron chi connectivity index (χ1n) is 5.86. The minimum Gasteiger partial charge on any atom is -0.497 e. The third kappa shape index (κ3) is 3.70. The van der Waals surface area contributed by atoms with Crippen molar-refractivity contribution in [3.05, 3.63) is 24.0 Å². The largest absolute Gasteiger partial charge is 0.497 e. The number of hydrogen-bond donors (Lipinski definition) is 0. The maximum atomic E-state index is 12.1. The molecule has 0 fully saturated rings. The summed E-state index contributed by atoms with van der Waals surface area (Å²) in [6.45, 7) is 2.37. The van der Waals surface area contributed by atoms with Crippen molar-refractivity contribution >= 4 is 5.91 Å². The van der Waals surface area contributed by atoms with Crippen LogP contribution >= 0.6 is 0 Å². The molecule has 0 aromatic carbocycles. The number of likely N-dealkylation sites (N-methyl/N-ethyl adjacent to an activating group) is 2. The first-order chi connectivity index (χ1) is 8.45. The fraction of sp³-hybridized carbons (Fsp3) is 0.538. The number of carbonyl (C=O) groups is 1. The van der Waals surface area contributed by atoms with Crippen molar-refractivity contribution < 1.29 is 9.53 Å². The summed E-state index contributed by atoms with van der Waals surface area (Å²) in [6.07, 6.45) is 1.68. The Balaban J connectivity index is 2.69. The molecule has 0 N–H and O–H groups in total. The zero-order valence-corrected chi connectivity index (χ0v) is 11.7. The van der Waals surface area contributed by atoms with Crippen LogP contribution in [0.2, 0.25) is 0 Å². The van der Waals surface area contributed by atoms with Gasteiger partial charge in [0.1, 0.15) is 5.75 Å². The summed E-state index contributed by atoms with van der Waals surface area (Å²) in [5, 5.41) is 0. The van der Waals surface area contributed by atoms with Crippen LogP contribution in [-0.2, 0) is 11.3 Å². The van der Waals surface area contributed by atoms with Crippen LogP contribution < -0.4 is 4.74 Å². The van der Waals surface area contributed by atoms with Gasteiger partial charge >= 0.3 is 0 Å². The SMILES string of the molecule is COc1ccnc(CN(C)C(=O)[C@H](C)N(C)C)c1. The summed E-state index contributed by atoms with van der Waals surface area (Å²) in [5.41, 5.74) is 0.816. The van der Waals surface area contributed by atoms with Crippen LogP contribution in [0.3, 0.4) is 0 Å².